The molecule has 1 heterocycles. The van der Waals surface area contributed by atoms with E-state index in [4.69, 9.17) is 0 Å². The Morgan fingerprint density at radius 3 is 2.67 bits per heavy atom. The molecule has 86 valence electrons. The van der Waals surface area contributed by atoms with Crippen LogP contribution < -0.4 is 10.6 Å². The Labute approximate surface area is 91.8 Å². The lowest BCUT2D eigenvalue weighted by Crippen LogP contribution is -2.29. The molecule has 4 heteroatoms. The minimum atomic E-state index is 0.721. The van der Waals surface area contributed by atoms with E-state index in [-0.39, 0.29) is 0 Å². The van der Waals surface area contributed by atoms with Crippen molar-refractivity contribution in [1.82, 2.24) is 20.8 Å². The van der Waals surface area contributed by atoms with E-state index in [9.17, 15) is 0 Å². The van der Waals surface area contributed by atoms with Gasteiger partial charge in [0.05, 0.1) is 5.69 Å². The molecule has 0 amide bonds. The Morgan fingerprint density at radius 2 is 2.07 bits per heavy atom. The fourth-order valence-corrected chi connectivity index (χ4v) is 1.35. The molecule has 1 aromatic heterocycles. The summed E-state index contributed by atoms with van der Waals surface area (Å²) in [5, 5.41) is 13.8. The molecule has 0 fully saturated rings. The Morgan fingerprint density at radius 1 is 1.33 bits per heavy atom. The quantitative estimate of drug-likeness (QED) is 0.590. The average Bonchev–Trinajstić information content (AvgIpc) is 2.57. The summed E-state index contributed by atoms with van der Waals surface area (Å²) < 4.78 is 0. The molecular weight excluding hydrogens is 188 g/mol. The second-order valence-corrected chi connectivity index (χ2v) is 4.32. The van der Waals surface area contributed by atoms with E-state index in [0.29, 0.717) is 0 Å². The number of rotatable bonds is 7. The maximum atomic E-state index is 4.15. The van der Waals surface area contributed by atoms with Gasteiger partial charge in [-0.15, -0.1) is 0 Å². The Hall–Kier alpha value is -0.870. The predicted octanol–water partition coefficient (Wildman–Crippen LogP) is 1.05. The third-order valence-corrected chi connectivity index (χ3v) is 2.10. The van der Waals surface area contributed by atoms with Gasteiger partial charge in [-0.05, 0) is 25.5 Å². The van der Waals surface area contributed by atoms with Crippen molar-refractivity contribution in [2.75, 3.05) is 19.6 Å². The predicted molar refractivity (Wildman–Crippen MR) is 62.7 cm³/mol. The molecule has 0 saturated carbocycles. The van der Waals surface area contributed by atoms with Gasteiger partial charge in [0, 0.05) is 25.3 Å². The van der Waals surface area contributed by atoms with E-state index < -0.39 is 0 Å². The fourth-order valence-electron chi connectivity index (χ4n) is 1.35. The maximum Gasteiger partial charge on any atom is 0.0762 e. The SMILES string of the molecule is Cc1cc(CNCCNCC(C)C)n[nH]1. The van der Waals surface area contributed by atoms with Crippen LogP contribution in [0.15, 0.2) is 6.07 Å². The highest BCUT2D eigenvalue weighted by atomic mass is 15.1. The van der Waals surface area contributed by atoms with Gasteiger partial charge in [0.25, 0.3) is 0 Å². The van der Waals surface area contributed by atoms with Gasteiger partial charge in [0.1, 0.15) is 0 Å². The highest BCUT2D eigenvalue weighted by molar-refractivity contribution is 5.05. The molecule has 0 atom stereocenters. The summed E-state index contributed by atoms with van der Waals surface area (Å²) in [4.78, 5) is 0. The van der Waals surface area contributed by atoms with Crippen LogP contribution >= 0.6 is 0 Å². The van der Waals surface area contributed by atoms with Crippen molar-refractivity contribution in [2.45, 2.75) is 27.3 Å². The number of H-pyrrole nitrogens is 1. The molecule has 4 nitrogen and oxygen atoms in total. The molecule has 15 heavy (non-hydrogen) atoms. The van der Waals surface area contributed by atoms with Crippen LogP contribution in [0.1, 0.15) is 25.2 Å². The van der Waals surface area contributed by atoms with E-state index in [1.54, 1.807) is 0 Å². The number of nitrogens with one attached hydrogen (secondary N) is 3. The molecular formula is C11H22N4. The van der Waals surface area contributed by atoms with Crippen molar-refractivity contribution in [1.29, 1.82) is 0 Å². The number of aromatic nitrogens is 2. The van der Waals surface area contributed by atoms with E-state index >= 15 is 0 Å². The van der Waals surface area contributed by atoms with Crippen molar-refractivity contribution < 1.29 is 0 Å². The summed E-state index contributed by atoms with van der Waals surface area (Å²) in [7, 11) is 0. The number of aryl methyl sites for hydroxylation is 1. The van der Waals surface area contributed by atoms with Crippen LogP contribution in [-0.2, 0) is 6.54 Å². The lowest BCUT2D eigenvalue weighted by Gasteiger charge is -2.07. The largest absolute Gasteiger partial charge is 0.315 e. The van der Waals surface area contributed by atoms with E-state index in [1.165, 1.54) is 0 Å². The van der Waals surface area contributed by atoms with Gasteiger partial charge in [0.2, 0.25) is 0 Å². The number of hydrogen-bond acceptors (Lipinski definition) is 3. The summed E-state index contributed by atoms with van der Waals surface area (Å²) in [6, 6.07) is 2.06. The zero-order valence-electron chi connectivity index (χ0n) is 9.93. The topological polar surface area (TPSA) is 52.7 Å². The smallest absolute Gasteiger partial charge is 0.0762 e. The molecule has 0 aliphatic carbocycles. The minimum absolute atomic E-state index is 0.721. The third-order valence-electron chi connectivity index (χ3n) is 2.10. The fraction of sp³-hybridized carbons (Fsp3) is 0.727. The Balaban J connectivity index is 1.98. The number of nitrogens with zero attached hydrogens (tertiary/aromatic N) is 1. The second-order valence-electron chi connectivity index (χ2n) is 4.32. The van der Waals surface area contributed by atoms with Crippen LogP contribution in [0.25, 0.3) is 0 Å². The number of aromatic amines is 1. The van der Waals surface area contributed by atoms with Gasteiger partial charge in [0.15, 0.2) is 0 Å². The molecule has 3 N–H and O–H groups in total. The number of hydrogen-bond donors (Lipinski definition) is 3. The first kappa shape index (κ1) is 12.2. The first-order valence-electron chi connectivity index (χ1n) is 5.61. The summed E-state index contributed by atoms with van der Waals surface area (Å²) >= 11 is 0. The maximum absolute atomic E-state index is 4.15. The van der Waals surface area contributed by atoms with Gasteiger partial charge in [-0.3, -0.25) is 5.10 Å². The Kier molecular flexibility index (Phi) is 5.36. The van der Waals surface area contributed by atoms with Crippen LogP contribution in [0, 0.1) is 12.8 Å². The van der Waals surface area contributed by atoms with Crippen molar-refractivity contribution in [3.05, 3.63) is 17.5 Å². The zero-order valence-corrected chi connectivity index (χ0v) is 9.93. The van der Waals surface area contributed by atoms with Crippen LogP contribution in [0.4, 0.5) is 0 Å². The molecule has 0 saturated heterocycles. The van der Waals surface area contributed by atoms with Gasteiger partial charge >= 0.3 is 0 Å². The van der Waals surface area contributed by atoms with Gasteiger partial charge in [-0.2, -0.15) is 5.10 Å². The minimum Gasteiger partial charge on any atom is -0.315 e. The van der Waals surface area contributed by atoms with Gasteiger partial charge in [-0.1, -0.05) is 13.8 Å². The summed E-state index contributed by atoms with van der Waals surface area (Å²) in [6.45, 7) is 10.4. The molecule has 0 aromatic carbocycles. The lowest BCUT2D eigenvalue weighted by molar-refractivity contribution is 0.534. The first-order chi connectivity index (χ1) is 7.18. The van der Waals surface area contributed by atoms with Gasteiger partial charge < -0.3 is 10.6 Å². The zero-order chi connectivity index (χ0) is 11.1. The van der Waals surface area contributed by atoms with E-state index in [1.807, 2.05) is 6.92 Å². The first-order valence-corrected chi connectivity index (χ1v) is 5.61. The summed E-state index contributed by atoms with van der Waals surface area (Å²) in [5.41, 5.74) is 2.20. The highest BCUT2D eigenvalue weighted by Gasteiger charge is 1.96. The molecule has 0 aliphatic rings. The summed E-state index contributed by atoms with van der Waals surface area (Å²) in [6.07, 6.45) is 0. The van der Waals surface area contributed by atoms with Crippen LogP contribution in [0.2, 0.25) is 0 Å². The molecule has 1 rings (SSSR count). The Bertz CT molecular complexity index is 267. The standard InChI is InChI=1S/C11H22N4/c1-9(2)7-12-4-5-13-8-11-6-10(3)14-15-11/h6,9,12-13H,4-5,7-8H2,1-3H3,(H,14,15). The van der Waals surface area contributed by atoms with Crippen molar-refractivity contribution in [3.63, 3.8) is 0 Å². The van der Waals surface area contributed by atoms with Crippen molar-refractivity contribution in [3.8, 4) is 0 Å². The lowest BCUT2D eigenvalue weighted by atomic mass is 10.2. The normalized spacial score (nSPS) is 11.2. The molecule has 0 unspecified atom stereocenters. The molecule has 0 spiro atoms. The molecule has 0 bridgehead atoms. The monoisotopic (exact) mass is 210 g/mol. The molecule has 0 aliphatic heterocycles. The van der Waals surface area contributed by atoms with Gasteiger partial charge in [-0.25, -0.2) is 0 Å². The van der Waals surface area contributed by atoms with Crippen LogP contribution in [0.5, 0.6) is 0 Å². The molecule has 0 radical (unpaired) electrons. The second kappa shape index (κ2) is 6.58. The molecule has 1 aromatic rings. The highest BCUT2D eigenvalue weighted by Crippen LogP contribution is 1.95. The van der Waals surface area contributed by atoms with Crippen LogP contribution in [0.3, 0.4) is 0 Å². The van der Waals surface area contributed by atoms with E-state index in [2.05, 4.69) is 40.7 Å². The third kappa shape index (κ3) is 5.54. The van der Waals surface area contributed by atoms with Crippen LogP contribution in [-0.4, -0.2) is 29.8 Å². The van der Waals surface area contributed by atoms with Crippen molar-refractivity contribution in [2.24, 2.45) is 5.92 Å². The summed E-state index contributed by atoms with van der Waals surface area (Å²) in [5.74, 6) is 0.721. The van der Waals surface area contributed by atoms with E-state index in [0.717, 1.165) is 43.5 Å². The average molecular weight is 210 g/mol. The van der Waals surface area contributed by atoms with Crippen molar-refractivity contribution >= 4 is 0 Å².